The molecule has 1 aromatic carbocycles. The van der Waals surface area contributed by atoms with Crippen molar-refractivity contribution in [2.24, 2.45) is 13.0 Å². The predicted octanol–water partition coefficient (Wildman–Crippen LogP) is 2.50. The van der Waals surface area contributed by atoms with Gasteiger partial charge < -0.3 is 10.1 Å². The maximum Gasteiger partial charge on any atom is 0.332 e. The Hall–Kier alpha value is -3.14. The van der Waals surface area contributed by atoms with Crippen molar-refractivity contribution in [3.63, 3.8) is 0 Å². The van der Waals surface area contributed by atoms with Gasteiger partial charge >= 0.3 is 5.69 Å². The van der Waals surface area contributed by atoms with Crippen molar-refractivity contribution in [2.75, 3.05) is 18.2 Å². The SMILES string of the molecule is COc1ccc(C)cc1NC(=O)CSc1nc(C)nc2c1c(=O)n(C)c(=O)n2CC(C)C. The van der Waals surface area contributed by atoms with Crippen LogP contribution < -0.4 is 21.3 Å². The number of ether oxygens (including phenoxy) is 1. The van der Waals surface area contributed by atoms with Gasteiger partial charge in [0.25, 0.3) is 5.56 Å². The molecule has 2 aromatic heterocycles. The summed E-state index contributed by atoms with van der Waals surface area (Å²) in [7, 11) is 2.98. The Labute approximate surface area is 189 Å². The lowest BCUT2D eigenvalue weighted by molar-refractivity contribution is -0.113. The van der Waals surface area contributed by atoms with E-state index in [-0.39, 0.29) is 23.0 Å². The van der Waals surface area contributed by atoms with Crippen LogP contribution in [0.3, 0.4) is 0 Å². The number of hydrogen-bond donors (Lipinski definition) is 1. The summed E-state index contributed by atoms with van der Waals surface area (Å²) in [5.74, 6) is 0.912. The Morgan fingerprint density at radius 3 is 2.59 bits per heavy atom. The smallest absolute Gasteiger partial charge is 0.332 e. The molecule has 0 atom stereocenters. The van der Waals surface area contributed by atoms with Gasteiger partial charge in [0.2, 0.25) is 5.91 Å². The standard InChI is InChI=1S/C22H27N5O4S/c1-12(2)10-27-19-18(21(29)26(5)22(27)30)20(24-14(4)23-19)32-11-17(28)25-15-9-13(3)7-8-16(15)31-6/h7-9,12H,10-11H2,1-6H3,(H,25,28). The lowest BCUT2D eigenvalue weighted by Gasteiger charge is -2.15. The summed E-state index contributed by atoms with van der Waals surface area (Å²) in [6.07, 6.45) is 0. The summed E-state index contributed by atoms with van der Waals surface area (Å²) in [4.78, 5) is 47.0. The monoisotopic (exact) mass is 457 g/mol. The molecule has 0 unspecified atom stereocenters. The number of nitrogens with zero attached hydrogens (tertiary/aromatic N) is 4. The molecule has 0 radical (unpaired) electrons. The molecule has 0 aliphatic rings. The fourth-order valence-electron chi connectivity index (χ4n) is 3.32. The van der Waals surface area contributed by atoms with E-state index in [9.17, 15) is 14.4 Å². The number of thioether (sulfide) groups is 1. The lowest BCUT2D eigenvalue weighted by Crippen LogP contribution is -2.39. The number of carbonyl (C=O) groups is 1. The third-order valence-electron chi connectivity index (χ3n) is 4.78. The number of benzene rings is 1. The van der Waals surface area contributed by atoms with Crippen LogP contribution in [0.25, 0.3) is 11.0 Å². The van der Waals surface area contributed by atoms with Crippen LogP contribution in [0.2, 0.25) is 0 Å². The molecular weight excluding hydrogens is 430 g/mol. The van der Waals surface area contributed by atoms with Gasteiger partial charge in [-0.2, -0.15) is 0 Å². The highest BCUT2D eigenvalue weighted by molar-refractivity contribution is 8.00. The molecule has 0 spiro atoms. The zero-order valence-electron chi connectivity index (χ0n) is 19.1. The van der Waals surface area contributed by atoms with Crippen molar-refractivity contribution >= 4 is 34.4 Å². The van der Waals surface area contributed by atoms with Crippen molar-refractivity contribution in [3.8, 4) is 5.75 Å². The summed E-state index contributed by atoms with van der Waals surface area (Å²) in [5.41, 5.74) is 0.951. The van der Waals surface area contributed by atoms with Crippen LogP contribution in [0.5, 0.6) is 5.75 Å². The van der Waals surface area contributed by atoms with E-state index in [4.69, 9.17) is 4.74 Å². The maximum absolute atomic E-state index is 12.9. The van der Waals surface area contributed by atoms with Crippen molar-refractivity contribution in [1.29, 1.82) is 0 Å². The predicted molar refractivity (Wildman–Crippen MR) is 126 cm³/mol. The summed E-state index contributed by atoms with van der Waals surface area (Å²) < 4.78 is 7.86. The maximum atomic E-state index is 12.9. The molecule has 0 aliphatic carbocycles. The molecular formula is C22H27N5O4S. The average molecular weight is 458 g/mol. The molecule has 170 valence electrons. The number of aryl methyl sites for hydroxylation is 2. The number of rotatable bonds is 7. The molecule has 0 bridgehead atoms. The normalized spacial score (nSPS) is 11.2. The number of nitrogens with one attached hydrogen (secondary N) is 1. The lowest BCUT2D eigenvalue weighted by atomic mass is 10.2. The van der Waals surface area contributed by atoms with Crippen LogP contribution in [0, 0.1) is 19.8 Å². The number of methoxy groups -OCH3 is 1. The minimum absolute atomic E-state index is 0.0229. The molecule has 1 N–H and O–H groups in total. The first kappa shape index (κ1) is 23.5. The number of anilines is 1. The molecule has 10 heteroatoms. The Morgan fingerprint density at radius 1 is 1.22 bits per heavy atom. The van der Waals surface area contributed by atoms with Gasteiger partial charge in [-0.1, -0.05) is 31.7 Å². The van der Waals surface area contributed by atoms with Crippen molar-refractivity contribution in [3.05, 3.63) is 50.4 Å². The molecule has 9 nitrogen and oxygen atoms in total. The van der Waals surface area contributed by atoms with Crippen LogP contribution in [0.1, 0.15) is 25.2 Å². The van der Waals surface area contributed by atoms with Crippen LogP contribution in [-0.4, -0.2) is 37.9 Å². The number of carbonyl (C=O) groups excluding carboxylic acids is 1. The average Bonchev–Trinajstić information content (AvgIpc) is 2.73. The van der Waals surface area contributed by atoms with E-state index < -0.39 is 11.2 Å². The number of aromatic nitrogens is 4. The molecule has 0 fully saturated rings. The fraction of sp³-hybridized carbons (Fsp3) is 0.409. The largest absolute Gasteiger partial charge is 0.495 e. The van der Waals surface area contributed by atoms with Crippen LogP contribution >= 0.6 is 11.8 Å². The van der Waals surface area contributed by atoms with Gasteiger partial charge in [-0.05, 0) is 37.5 Å². The van der Waals surface area contributed by atoms with E-state index >= 15 is 0 Å². The van der Waals surface area contributed by atoms with Crippen molar-refractivity contribution in [2.45, 2.75) is 39.3 Å². The highest BCUT2D eigenvalue weighted by Gasteiger charge is 2.19. The van der Waals surface area contributed by atoms with Crippen LogP contribution in [0.15, 0.2) is 32.8 Å². The van der Waals surface area contributed by atoms with E-state index in [1.807, 2.05) is 32.9 Å². The van der Waals surface area contributed by atoms with Crippen molar-refractivity contribution in [1.82, 2.24) is 19.1 Å². The second-order valence-electron chi connectivity index (χ2n) is 7.97. The van der Waals surface area contributed by atoms with Gasteiger partial charge in [0.05, 0.1) is 18.6 Å². The Bertz CT molecular complexity index is 1300. The molecule has 0 saturated carbocycles. The Kier molecular flexibility index (Phi) is 7.02. The van der Waals surface area contributed by atoms with Gasteiger partial charge in [-0.25, -0.2) is 14.8 Å². The van der Waals surface area contributed by atoms with Gasteiger partial charge in [0, 0.05) is 13.6 Å². The van der Waals surface area contributed by atoms with E-state index in [1.54, 1.807) is 13.0 Å². The first-order chi connectivity index (χ1) is 15.1. The van der Waals surface area contributed by atoms with E-state index in [2.05, 4.69) is 15.3 Å². The van der Waals surface area contributed by atoms with Crippen LogP contribution in [0.4, 0.5) is 5.69 Å². The van der Waals surface area contributed by atoms with Gasteiger partial charge in [-0.3, -0.25) is 18.7 Å². The molecule has 3 aromatic rings. The minimum atomic E-state index is -0.478. The minimum Gasteiger partial charge on any atom is -0.495 e. The highest BCUT2D eigenvalue weighted by atomic mass is 32.2. The number of fused-ring (bicyclic) bond motifs is 1. The Morgan fingerprint density at radius 2 is 1.94 bits per heavy atom. The molecule has 0 saturated heterocycles. The second-order valence-corrected chi connectivity index (χ2v) is 8.93. The highest BCUT2D eigenvalue weighted by Crippen LogP contribution is 2.27. The summed E-state index contributed by atoms with van der Waals surface area (Å²) in [6.45, 7) is 8.00. The molecule has 1 amide bonds. The van der Waals surface area contributed by atoms with E-state index in [0.29, 0.717) is 34.5 Å². The molecule has 0 aliphatic heterocycles. The van der Waals surface area contributed by atoms with Gasteiger partial charge in [0.1, 0.15) is 22.0 Å². The molecule has 32 heavy (non-hydrogen) atoms. The van der Waals surface area contributed by atoms with E-state index in [1.165, 1.54) is 18.7 Å². The first-order valence-corrected chi connectivity index (χ1v) is 11.2. The Balaban J connectivity index is 1.97. The fourth-order valence-corrected chi connectivity index (χ4v) is 4.17. The topological polar surface area (TPSA) is 108 Å². The van der Waals surface area contributed by atoms with Crippen molar-refractivity contribution < 1.29 is 9.53 Å². The zero-order valence-corrected chi connectivity index (χ0v) is 19.9. The third kappa shape index (κ3) is 4.85. The quantitative estimate of drug-likeness (QED) is 0.429. The zero-order chi connectivity index (χ0) is 23.6. The molecule has 2 heterocycles. The third-order valence-corrected chi connectivity index (χ3v) is 5.75. The summed E-state index contributed by atoms with van der Waals surface area (Å²) in [5, 5.41) is 3.45. The van der Waals surface area contributed by atoms with Gasteiger partial charge in [-0.15, -0.1) is 0 Å². The molecule has 3 rings (SSSR count). The van der Waals surface area contributed by atoms with Gasteiger partial charge in [0.15, 0.2) is 5.65 Å². The summed E-state index contributed by atoms with van der Waals surface area (Å²) >= 11 is 1.13. The summed E-state index contributed by atoms with van der Waals surface area (Å²) in [6, 6.07) is 5.51. The van der Waals surface area contributed by atoms with E-state index in [0.717, 1.165) is 21.9 Å². The number of hydrogen-bond acceptors (Lipinski definition) is 7. The first-order valence-electron chi connectivity index (χ1n) is 10.2. The number of amides is 1. The second kappa shape index (κ2) is 9.56. The van der Waals surface area contributed by atoms with Crippen LogP contribution in [-0.2, 0) is 18.4 Å².